The largest absolute Gasteiger partial charge is 0.279 e. The van der Waals surface area contributed by atoms with Gasteiger partial charge in [0.1, 0.15) is 0 Å². The maximum atomic E-state index is 12.2. The summed E-state index contributed by atoms with van der Waals surface area (Å²) in [6.45, 7) is 5.20. The first kappa shape index (κ1) is 15.1. The van der Waals surface area contributed by atoms with Crippen LogP contribution in [-0.4, -0.2) is 19.7 Å². The highest BCUT2D eigenvalue weighted by atomic mass is 35.5. The third kappa shape index (κ3) is 3.54. The molecule has 0 aliphatic rings. The third-order valence-corrected chi connectivity index (χ3v) is 4.49. The number of aryl methyl sites for hydroxylation is 2. The van der Waals surface area contributed by atoms with Gasteiger partial charge >= 0.3 is 0 Å². The topological polar surface area (TPSA) is 63.2 Å². The molecule has 6 heteroatoms. The summed E-state index contributed by atoms with van der Waals surface area (Å²) in [4.78, 5) is 11.3. The van der Waals surface area contributed by atoms with E-state index in [1.807, 2.05) is 13.0 Å². The Morgan fingerprint density at radius 3 is 2.50 bits per heavy atom. The van der Waals surface area contributed by atoms with Crippen LogP contribution < -0.4 is 4.72 Å². The van der Waals surface area contributed by atoms with Gasteiger partial charge in [-0.1, -0.05) is 19.1 Å². The van der Waals surface area contributed by atoms with Crippen molar-refractivity contribution in [2.75, 3.05) is 0 Å². The number of halogens is 1. The number of carbonyl (C=O) groups is 1. The summed E-state index contributed by atoms with van der Waals surface area (Å²) < 4.78 is 26.6. The molecule has 0 bridgehead atoms. The van der Waals surface area contributed by atoms with Gasteiger partial charge in [0.25, 0.3) is 0 Å². The van der Waals surface area contributed by atoms with Crippen molar-refractivity contribution in [3.8, 4) is 0 Å². The minimum Gasteiger partial charge on any atom is -0.279 e. The zero-order valence-electron chi connectivity index (χ0n) is 10.5. The van der Waals surface area contributed by atoms with Gasteiger partial charge in [-0.25, -0.2) is 8.42 Å². The molecule has 100 valence electrons. The lowest BCUT2D eigenvalue weighted by atomic mass is 10.2. The van der Waals surface area contributed by atoms with E-state index in [2.05, 4.69) is 4.72 Å². The van der Waals surface area contributed by atoms with E-state index in [9.17, 15) is 13.2 Å². The smallest absolute Gasteiger partial charge is 0.241 e. The van der Waals surface area contributed by atoms with Crippen molar-refractivity contribution >= 4 is 26.9 Å². The first-order valence-electron chi connectivity index (χ1n) is 5.57. The molecule has 0 fully saturated rings. The molecule has 4 nitrogen and oxygen atoms in total. The van der Waals surface area contributed by atoms with Gasteiger partial charge in [-0.05, 0) is 49.1 Å². The molecule has 0 radical (unpaired) electrons. The Morgan fingerprint density at radius 1 is 1.39 bits per heavy atom. The first-order chi connectivity index (χ1) is 8.27. The molecular weight excluding hydrogens is 274 g/mol. The van der Waals surface area contributed by atoms with Gasteiger partial charge in [-0.2, -0.15) is 4.72 Å². The molecule has 0 saturated carbocycles. The van der Waals surface area contributed by atoms with Gasteiger partial charge in [0.05, 0.1) is 10.9 Å². The molecule has 1 atom stereocenters. The van der Waals surface area contributed by atoms with Crippen LogP contribution >= 0.6 is 11.6 Å². The molecule has 0 aliphatic carbocycles. The molecule has 1 rings (SSSR count). The summed E-state index contributed by atoms with van der Waals surface area (Å²) in [5.41, 5.74) is 1.47. The molecule has 0 saturated heterocycles. The number of sulfonamides is 1. The molecule has 18 heavy (non-hydrogen) atoms. The van der Waals surface area contributed by atoms with Crippen LogP contribution in [0.2, 0.25) is 0 Å². The van der Waals surface area contributed by atoms with E-state index in [0.29, 0.717) is 12.0 Å². The Labute approximate surface area is 112 Å². The highest BCUT2D eigenvalue weighted by Gasteiger charge is 2.24. The molecule has 0 aromatic heterocycles. The maximum absolute atomic E-state index is 12.2. The fraction of sp³-hybridized carbons (Fsp3) is 0.417. The summed E-state index contributed by atoms with van der Waals surface area (Å²) in [6.07, 6.45) is 0.312. The van der Waals surface area contributed by atoms with Crippen LogP contribution in [0, 0.1) is 13.8 Å². The molecule has 0 spiro atoms. The average molecular weight is 290 g/mol. The number of hydrogen-bond donors (Lipinski definition) is 1. The van der Waals surface area contributed by atoms with Crippen molar-refractivity contribution < 1.29 is 13.2 Å². The van der Waals surface area contributed by atoms with E-state index in [0.717, 1.165) is 5.56 Å². The molecule has 0 amide bonds. The minimum atomic E-state index is -3.73. The van der Waals surface area contributed by atoms with Crippen LogP contribution in [0.15, 0.2) is 23.1 Å². The molecule has 1 N–H and O–H groups in total. The summed E-state index contributed by atoms with van der Waals surface area (Å²) in [6, 6.07) is 4.24. The van der Waals surface area contributed by atoms with E-state index < -0.39 is 21.3 Å². The van der Waals surface area contributed by atoms with E-state index in [1.165, 1.54) is 0 Å². The Hall–Kier alpha value is -0.910. The fourth-order valence-corrected chi connectivity index (χ4v) is 3.42. The van der Waals surface area contributed by atoms with Crippen LogP contribution in [0.4, 0.5) is 0 Å². The Balaban J connectivity index is 3.14. The van der Waals surface area contributed by atoms with Gasteiger partial charge in [0, 0.05) is 0 Å². The van der Waals surface area contributed by atoms with Crippen LogP contribution in [0.1, 0.15) is 24.5 Å². The van der Waals surface area contributed by atoms with Crippen molar-refractivity contribution in [1.82, 2.24) is 4.72 Å². The Bertz CT molecular complexity index is 554. The lowest BCUT2D eigenvalue weighted by Crippen LogP contribution is -2.38. The van der Waals surface area contributed by atoms with Crippen molar-refractivity contribution in [2.24, 2.45) is 0 Å². The second-order valence-corrected chi connectivity index (χ2v) is 6.21. The minimum absolute atomic E-state index is 0.180. The van der Waals surface area contributed by atoms with Gasteiger partial charge in [0.15, 0.2) is 0 Å². The van der Waals surface area contributed by atoms with Gasteiger partial charge in [-0.15, -0.1) is 0 Å². The average Bonchev–Trinajstić information content (AvgIpc) is 2.28. The van der Waals surface area contributed by atoms with Crippen LogP contribution in [-0.2, 0) is 14.8 Å². The lowest BCUT2D eigenvalue weighted by Gasteiger charge is -2.14. The number of benzene rings is 1. The quantitative estimate of drug-likeness (QED) is 0.845. The number of carbonyl (C=O) groups excluding carboxylic acids is 1. The van der Waals surface area contributed by atoms with E-state index >= 15 is 0 Å². The van der Waals surface area contributed by atoms with Crippen molar-refractivity contribution in [3.63, 3.8) is 0 Å². The summed E-state index contributed by atoms with van der Waals surface area (Å²) >= 11 is 5.34. The van der Waals surface area contributed by atoms with Gasteiger partial charge in [-0.3, -0.25) is 4.79 Å². The van der Waals surface area contributed by atoms with Crippen molar-refractivity contribution in [2.45, 2.75) is 38.1 Å². The summed E-state index contributed by atoms with van der Waals surface area (Å²) in [7, 11) is -3.73. The normalized spacial score (nSPS) is 13.3. The Kier molecular flexibility index (Phi) is 4.90. The summed E-state index contributed by atoms with van der Waals surface area (Å²) in [5.74, 6) is 0. The predicted octanol–water partition coefficient (Wildman–Crippen LogP) is 2.13. The monoisotopic (exact) mass is 289 g/mol. The molecule has 0 heterocycles. The van der Waals surface area contributed by atoms with Gasteiger partial charge in [0.2, 0.25) is 15.3 Å². The molecular formula is C12H16ClNO3S. The Morgan fingerprint density at radius 2 is 2.00 bits per heavy atom. The lowest BCUT2D eigenvalue weighted by molar-refractivity contribution is -0.113. The SMILES string of the molecule is CCC(NS(=O)(=O)c1cc(C)ccc1C)C(=O)Cl. The fourth-order valence-electron chi connectivity index (χ4n) is 1.54. The second-order valence-electron chi connectivity index (χ2n) is 4.16. The number of nitrogens with one attached hydrogen (secondary N) is 1. The van der Waals surface area contributed by atoms with Crippen molar-refractivity contribution in [3.05, 3.63) is 29.3 Å². The highest BCUT2D eigenvalue weighted by molar-refractivity contribution is 7.89. The highest BCUT2D eigenvalue weighted by Crippen LogP contribution is 2.17. The number of rotatable bonds is 5. The number of hydrogen-bond acceptors (Lipinski definition) is 3. The van der Waals surface area contributed by atoms with Gasteiger partial charge < -0.3 is 0 Å². The van der Waals surface area contributed by atoms with Crippen LogP contribution in [0.25, 0.3) is 0 Å². The molecule has 1 aromatic rings. The standard InChI is InChI=1S/C12H16ClNO3S/c1-4-10(12(13)15)14-18(16,17)11-7-8(2)5-6-9(11)3/h5-7,10,14H,4H2,1-3H3. The summed E-state index contributed by atoms with van der Waals surface area (Å²) in [5, 5.41) is -0.702. The van der Waals surface area contributed by atoms with Crippen molar-refractivity contribution in [1.29, 1.82) is 0 Å². The van der Waals surface area contributed by atoms with E-state index in [-0.39, 0.29) is 4.90 Å². The van der Waals surface area contributed by atoms with Crippen LogP contribution in [0.3, 0.4) is 0 Å². The predicted molar refractivity (Wildman–Crippen MR) is 71.2 cm³/mol. The van der Waals surface area contributed by atoms with E-state index in [1.54, 1.807) is 26.0 Å². The van der Waals surface area contributed by atoms with Crippen LogP contribution in [0.5, 0.6) is 0 Å². The zero-order chi connectivity index (χ0) is 13.9. The molecule has 0 aliphatic heterocycles. The second kappa shape index (κ2) is 5.82. The molecule has 1 aromatic carbocycles. The zero-order valence-corrected chi connectivity index (χ0v) is 12.1. The first-order valence-corrected chi connectivity index (χ1v) is 7.43. The molecule has 1 unspecified atom stereocenters. The third-order valence-electron chi connectivity index (χ3n) is 2.61. The van der Waals surface area contributed by atoms with E-state index in [4.69, 9.17) is 11.6 Å². The maximum Gasteiger partial charge on any atom is 0.241 e.